The monoisotopic (exact) mass is 319 g/mol. The van der Waals surface area contributed by atoms with Gasteiger partial charge in [-0.05, 0) is 25.3 Å². The molecule has 6 heteroatoms. The maximum absolute atomic E-state index is 12.7. The lowest BCUT2D eigenvalue weighted by Gasteiger charge is -2.25. The molecule has 2 aromatic rings. The fourth-order valence-electron chi connectivity index (χ4n) is 3.05. The topological polar surface area (TPSA) is 55.2 Å². The SMILES string of the molecule is Cc1nccn1C[C@H]1CCCN1S(=O)(=O)Cc1ccccc1. The second-order valence-electron chi connectivity index (χ2n) is 5.78. The summed E-state index contributed by atoms with van der Waals surface area (Å²) in [6.45, 7) is 3.24. The molecule has 1 saturated heterocycles. The Morgan fingerprint density at radius 2 is 2.05 bits per heavy atom. The molecule has 1 fully saturated rings. The van der Waals surface area contributed by atoms with Crippen molar-refractivity contribution in [2.45, 2.75) is 38.1 Å². The van der Waals surface area contributed by atoms with Crippen LogP contribution in [0, 0.1) is 6.92 Å². The van der Waals surface area contributed by atoms with Gasteiger partial charge in [-0.2, -0.15) is 4.31 Å². The van der Waals surface area contributed by atoms with Gasteiger partial charge in [-0.1, -0.05) is 30.3 Å². The van der Waals surface area contributed by atoms with E-state index in [4.69, 9.17) is 0 Å². The summed E-state index contributed by atoms with van der Waals surface area (Å²) < 4.78 is 29.2. The number of aromatic nitrogens is 2. The van der Waals surface area contributed by atoms with Crippen LogP contribution in [0.3, 0.4) is 0 Å². The van der Waals surface area contributed by atoms with Gasteiger partial charge in [-0.25, -0.2) is 13.4 Å². The molecule has 1 atom stereocenters. The van der Waals surface area contributed by atoms with Gasteiger partial charge in [0, 0.05) is 31.5 Å². The van der Waals surface area contributed by atoms with Gasteiger partial charge >= 0.3 is 0 Å². The maximum atomic E-state index is 12.7. The van der Waals surface area contributed by atoms with Gasteiger partial charge in [-0.15, -0.1) is 0 Å². The van der Waals surface area contributed by atoms with E-state index in [0.29, 0.717) is 13.1 Å². The Balaban J connectivity index is 1.76. The van der Waals surface area contributed by atoms with Gasteiger partial charge in [0.15, 0.2) is 0 Å². The van der Waals surface area contributed by atoms with Crippen LogP contribution in [0.15, 0.2) is 42.7 Å². The average Bonchev–Trinajstić information content (AvgIpc) is 3.10. The quantitative estimate of drug-likeness (QED) is 0.849. The van der Waals surface area contributed by atoms with Gasteiger partial charge in [-0.3, -0.25) is 0 Å². The molecule has 5 nitrogen and oxygen atoms in total. The Morgan fingerprint density at radius 1 is 1.27 bits per heavy atom. The molecule has 0 spiro atoms. The second-order valence-corrected chi connectivity index (χ2v) is 7.70. The van der Waals surface area contributed by atoms with Crippen molar-refractivity contribution in [3.63, 3.8) is 0 Å². The van der Waals surface area contributed by atoms with Crippen molar-refractivity contribution in [2.24, 2.45) is 0 Å². The minimum Gasteiger partial charge on any atom is -0.334 e. The molecule has 2 heterocycles. The van der Waals surface area contributed by atoms with Crippen LogP contribution in [0.2, 0.25) is 0 Å². The van der Waals surface area contributed by atoms with Gasteiger partial charge in [0.1, 0.15) is 5.82 Å². The molecule has 1 aliphatic rings. The smallest absolute Gasteiger partial charge is 0.218 e. The summed E-state index contributed by atoms with van der Waals surface area (Å²) >= 11 is 0. The van der Waals surface area contributed by atoms with Crippen LogP contribution < -0.4 is 0 Å². The lowest BCUT2D eigenvalue weighted by molar-refractivity contribution is 0.349. The lowest BCUT2D eigenvalue weighted by Crippen LogP contribution is -2.38. The molecule has 22 heavy (non-hydrogen) atoms. The van der Waals surface area contributed by atoms with Crippen LogP contribution in [0.5, 0.6) is 0 Å². The van der Waals surface area contributed by atoms with Gasteiger partial charge in [0.05, 0.1) is 5.75 Å². The van der Waals surface area contributed by atoms with Crippen LogP contribution >= 0.6 is 0 Å². The van der Waals surface area contributed by atoms with Crippen LogP contribution in [0.4, 0.5) is 0 Å². The molecular weight excluding hydrogens is 298 g/mol. The number of rotatable bonds is 5. The zero-order valence-corrected chi connectivity index (χ0v) is 13.5. The maximum Gasteiger partial charge on any atom is 0.218 e. The third kappa shape index (κ3) is 3.23. The Morgan fingerprint density at radius 3 is 2.73 bits per heavy atom. The summed E-state index contributed by atoms with van der Waals surface area (Å²) in [6, 6.07) is 9.41. The van der Waals surface area contributed by atoms with E-state index in [-0.39, 0.29) is 11.8 Å². The molecule has 118 valence electrons. The van der Waals surface area contributed by atoms with Crippen LogP contribution in [0.25, 0.3) is 0 Å². The van der Waals surface area contributed by atoms with Crippen LogP contribution in [-0.4, -0.2) is 34.9 Å². The first kappa shape index (κ1) is 15.2. The van der Waals surface area contributed by atoms with Crippen molar-refractivity contribution in [3.05, 3.63) is 54.1 Å². The molecule has 1 aromatic heterocycles. The van der Waals surface area contributed by atoms with Crippen LogP contribution in [-0.2, 0) is 22.3 Å². The average molecular weight is 319 g/mol. The molecule has 0 N–H and O–H groups in total. The van der Waals surface area contributed by atoms with Crippen molar-refractivity contribution in [1.29, 1.82) is 0 Å². The summed E-state index contributed by atoms with van der Waals surface area (Å²) in [7, 11) is -3.28. The Hall–Kier alpha value is -1.66. The molecule has 0 radical (unpaired) electrons. The highest BCUT2D eigenvalue weighted by Crippen LogP contribution is 2.25. The van der Waals surface area contributed by atoms with E-state index >= 15 is 0 Å². The van der Waals surface area contributed by atoms with Gasteiger partial charge in [0.2, 0.25) is 10.0 Å². The third-order valence-electron chi connectivity index (χ3n) is 4.20. The van der Waals surface area contributed by atoms with Crippen LogP contribution in [0.1, 0.15) is 24.2 Å². The number of nitrogens with zero attached hydrogens (tertiary/aromatic N) is 3. The van der Waals surface area contributed by atoms with Crippen molar-refractivity contribution in [3.8, 4) is 0 Å². The molecule has 1 aromatic carbocycles. The highest BCUT2D eigenvalue weighted by Gasteiger charge is 2.34. The summed E-state index contributed by atoms with van der Waals surface area (Å²) in [6.07, 6.45) is 5.50. The fourth-order valence-corrected chi connectivity index (χ4v) is 4.86. The summed E-state index contributed by atoms with van der Waals surface area (Å²) in [5.74, 6) is 1.00. The normalized spacial score (nSPS) is 19.6. The zero-order valence-electron chi connectivity index (χ0n) is 12.7. The van der Waals surface area contributed by atoms with E-state index in [2.05, 4.69) is 4.98 Å². The summed E-state index contributed by atoms with van der Waals surface area (Å²) in [4.78, 5) is 4.21. The summed E-state index contributed by atoms with van der Waals surface area (Å²) in [5, 5.41) is 0. The second kappa shape index (κ2) is 6.22. The highest BCUT2D eigenvalue weighted by molar-refractivity contribution is 7.88. The van der Waals surface area contributed by atoms with E-state index in [1.54, 1.807) is 10.5 Å². The minimum atomic E-state index is -3.28. The molecule has 1 aliphatic heterocycles. The van der Waals surface area contributed by atoms with Crippen molar-refractivity contribution in [1.82, 2.24) is 13.9 Å². The zero-order chi connectivity index (χ0) is 15.6. The number of hydrogen-bond acceptors (Lipinski definition) is 3. The molecule has 0 unspecified atom stereocenters. The molecule has 3 rings (SSSR count). The minimum absolute atomic E-state index is 0.0293. The van der Waals surface area contributed by atoms with Gasteiger partial charge in [0.25, 0.3) is 0 Å². The largest absolute Gasteiger partial charge is 0.334 e. The third-order valence-corrected chi connectivity index (χ3v) is 6.10. The van der Waals surface area contributed by atoms with Crippen molar-refractivity contribution >= 4 is 10.0 Å². The van der Waals surface area contributed by atoms with E-state index < -0.39 is 10.0 Å². The van der Waals surface area contributed by atoms with E-state index in [0.717, 1.165) is 24.2 Å². The standard InChI is InChI=1S/C16H21N3O2S/c1-14-17-9-11-18(14)12-16-8-5-10-19(16)22(20,21)13-15-6-3-2-4-7-15/h2-4,6-7,9,11,16H,5,8,10,12-13H2,1H3/t16-/m1/s1. The fraction of sp³-hybridized carbons (Fsp3) is 0.438. The first-order chi connectivity index (χ1) is 10.6. The van der Waals surface area contributed by atoms with Gasteiger partial charge < -0.3 is 4.57 Å². The van der Waals surface area contributed by atoms with E-state index in [9.17, 15) is 8.42 Å². The van der Waals surface area contributed by atoms with E-state index in [1.165, 1.54) is 0 Å². The number of imidazole rings is 1. The lowest BCUT2D eigenvalue weighted by atomic mass is 10.2. The van der Waals surface area contributed by atoms with Crippen molar-refractivity contribution in [2.75, 3.05) is 6.54 Å². The molecule has 0 saturated carbocycles. The Kier molecular flexibility index (Phi) is 4.31. The number of benzene rings is 1. The highest BCUT2D eigenvalue weighted by atomic mass is 32.2. The first-order valence-corrected chi connectivity index (χ1v) is 9.18. The number of sulfonamides is 1. The number of hydrogen-bond donors (Lipinski definition) is 0. The summed E-state index contributed by atoms with van der Waals surface area (Å²) in [5.41, 5.74) is 0.840. The van der Waals surface area contributed by atoms with Crippen molar-refractivity contribution < 1.29 is 8.42 Å². The predicted octanol–water partition coefficient (Wildman–Crippen LogP) is 2.19. The Bertz CT molecular complexity index is 725. The van der Waals surface area contributed by atoms with E-state index in [1.807, 2.05) is 48.0 Å². The Labute approximate surface area is 131 Å². The first-order valence-electron chi connectivity index (χ1n) is 7.57. The number of aryl methyl sites for hydroxylation is 1. The predicted molar refractivity (Wildman–Crippen MR) is 85.8 cm³/mol. The molecule has 0 bridgehead atoms. The molecular formula is C16H21N3O2S. The molecule has 0 aliphatic carbocycles. The molecule has 0 amide bonds.